The molecule has 2 fully saturated rings. The van der Waals surface area contributed by atoms with Gasteiger partial charge < -0.3 is 9.74 Å². The second kappa shape index (κ2) is 10.4. The molecule has 0 aromatic heterocycles. The normalized spacial score (nSPS) is 24.1. The fraction of sp³-hybridized carbons (Fsp3) is 0.344. The summed E-state index contributed by atoms with van der Waals surface area (Å²) in [4.78, 5) is 34.8. The van der Waals surface area contributed by atoms with Crippen LogP contribution in [-0.2, 0) is 22.7 Å². The van der Waals surface area contributed by atoms with Crippen LogP contribution in [0.2, 0.25) is 10.0 Å². The molecule has 0 aliphatic heterocycles. The highest BCUT2D eigenvalue weighted by molar-refractivity contribution is 6.36. The number of nitrogens with zero attached hydrogens (tertiary/aromatic N) is 2. The minimum atomic E-state index is -0.658. The zero-order chi connectivity index (χ0) is 27.8. The van der Waals surface area contributed by atoms with Gasteiger partial charge in [0.2, 0.25) is 5.91 Å². The lowest BCUT2D eigenvalue weighted by molar-refractivity contribution is -0.148. The second-order valence-corrected chi connectivity index (χ2v) is 12.2. The molecule has 5 nitrogen and oxygen atoms in total. The van der Waals surface area contributed by atoms with E-state index in [1.165, 1.54) is 12.1 Å². The first kappa shape index (κ1) is 27.4. The molecular formula is C32H32Cl2N2O3. The molecule has 2 aliphatic rings. The van der Waals surface area contributed by atoms with Gasteiger partial charge in [0.1, 0.15) is 0 Å². The van der Waals surface area contributed by atoms with Gasteiger partial charge in [-0.1, -0.05) is 110 Å². The van der Waals surface area contributed by atoms with E-state index < -0.39 is 22.2 Å². The molecular weight excluding hydrogens is 531 g/mol. The molecule has 0 spiro atoms. The summed E-state index contributed by atoms with van der Waals surface area (Å²) in [7, 11) is 0. The molecule has 0 saturated heterocycles. The molecule has 7 heteroatoms. The van der Waals surface area contributed by atoms with Crippen LogP contribution in [-0.4, -0.2) is 22.5 Å². The number of oxime groups is 1. The van der Waals surface area contributed by atoms with E-state index in [1.54, 1.807) is 6.07 Å². The van der Waals surface area contributed by atoms with Gasteiger partial charge in [-0.15, -0.1) is 0 Å². The van der Waals surface area contributed by atoms with Crippen LogP contribution in [0.15, 0.2) is 84.0 Å². The average Bonchev–Trinajstić information content (AvgIpc) is 3.23. The fourth-order valence-electron chi connectivity index (χ4n) is 6.41. The van der Waals surface area contributed by atoms with Crippen LogP contribution in [0.4, 0.5) is 0 Å². The molecule has 202 valence electrons. The summed E-state index contributed by atoms with van der Waals surface area (Å²) in [5.41, 5.74) is 1.65. The standard InChI is InChI=1S/C32H32Cl2N2O3/c1-30(2)31(3)16-17-32(30,19-27(31)35-39-28(37)25-15-14-24(33)18-26(25)34)29(38)36(20-22-10-6-4-7-11-22)21-23-12-8-5-9-13-23/h4-15,18H,16-17,19-21H2,1-3H3/b35-27+. The number of rotatable bonds is 7. The third kappa shape index (κ3) is 4.76. The van der Waals surface area contributed by atoms with Crippen molar-refractivity contribution in [3.8, 4) is 0 Å². The van der Waals surface area contributed by atoms with Crippen molar-refractivity contribution in [2.45, 2.75) is 53.1 Å². The molecule has 1 amide bonds. The molecule has 3 aromatic carbocycles. The number of benzene rings is 3. The topological polar surface area (TPSA) is 59.0 Å². The number of amides is 1. The van der Waals surface area contributed by atoms with Crippen LogP contribution in [0, 0.1) is 16.2 Å². The van der Waals surface area contributed by atoms with Crippen LogP contribution < -0.4 is 0 Å². The van der Waals surface area contributed by atoms with Gasteiger partial charge in [-0.2, -0.15) is 0 Å². The molecule has 2 bridgehead atoms. The summed E-state index contributed by atoms with van der Waals surface area (Å²) in [6.45, 7) is 7.47. The van der Waals surface area contributed by atoms with Gasteiger partial charge in [0, 0.05) is 29.9 Å². The highest BCUT2D eigenvalue weighted by Crippen LogP contribution is 2.71. The van der Waals surface area contributed by atoms with E-state index in [-0.39, 0.29) is 16.5 Å². The minimum absolute atomic E-state index is 0.112. The zero-order valence-corrected chi connectivity index (χ0v) is 23.9. The van der Waals surface area contributed by atoms with Crippen molar-refractivity contribution in [3.05, 3.63) is 106 Å². The van der Waals surface area contributed by atoms with Crippen molar-refractivity contribution in [2.75, 3.05) is 0 Å². The van der Waals surface area contributed by atoms with Gasteiger partial charge >= 0.3 is 5.97 Å². The summed E-state index contributed by atoms with van der Waals surface area (Å²) in [6.07, 6.45) is 1.98. The fourth-order valence-corrected chi connectivity index (χ4v) is 6.89. The van der Waals surface area contributed by atoms with Crippen LogP contribution in [0.25, 0.3) is 0 Å². The van der Waals surface area contributed by atoms with Crippen molar-refractivity contribution < 1.29 is 14.4 Å². The predicted molar refractivity (Wildman–Crippen MR) is 155 cm³/mol. The first-order valence-corrected chi connectivity index (χ1v) is 13.9. The summed E-state index contributed by atoms with van der Waals surface area (Å²) in [5, 5.41) is 5.01. The number of fused-ring (bicyclic) bond motifs is 2. The minimum Gasteiger partial charge on any atom is -0.334 e. The molecule has 0 N–H and O–H groups in total. The molecule has 39 heavy (non-hydrogen) atoms. The largest absolute Gasteiger partial charge is 0.367 e. The van der Waals surface area contributed by atoms with Crippen molar-refractivity contribution in [2.24, 2.45) is 21.4 Å². The van der Waals surface area contributed by atoms with Gasteiger partial charge in [-0.05, 0) is 47.6 Å². The Labute approximate surface area is 239 Å². The van der Waals surface area contributed by atoms with E-state index in [0.717, 1.165) is 29.7 Å². The Bertz CT molecular complexity index is 1380. The lowest BCUT2D eigenvalue weighted by atomic mass is 9.64. The van der Waals surface area contributed by atoms with E-state index in [9.17, 15) is 9.59 Å². The molecule has 2 aliphatic carbocycles. The second-order valence-electron chi connectivity index (χ2n) is 11.4. The van der Waals surface area contributed by atoms with Crippen molar-refractivity contribution in [1.82, 2.24) is 4.90 Å². The molecule has 0 heterocycles. The number of halogens is 2. The third-order valence-electron chi connectivity index (χ3n) is 9.25. The molecule has 2 saturated carbocycles. The molecule has 2 unspecified atom stereocenters. The van der Waals surface area contributed by atoms with Crippen LogP contribution in [0.3, 0.4) is 0 Å². The third-order valence-corrected chi connectivity index (χ3v) is 9.80. The number of hydrogen-bond donors (Lipinski definition) is 0. The van der Waals surface area contributed by atoms with Crippen LogP contribution >= 0.6 is 23.2 Å². The van der Waals surface area contributed by atoms with Crippen molar-refractivity contribution in [3.63, 3.8) is 0 Å². The predicted octanol–water partition coefficient (Wildman–Crippen LogP) is 7.95. The Morgan fingerprint density at radius 1 is 0.872 bits per heavy atom. The van der Waals surface area contributed by atoms with Gasteiger partial charge in [0.25, 0.3) is 0 Å². The van der Waals surface area contributed by atoms with Crippen molar-refractivity contribution in [1.29, 1.82) is 0 Å². The average molecular weight is 564 g/mol. The summed E-state index contributed by atoms with van der Waals surface area (Å²) >= 11 is 12.2. The smallest absolute Gasteiger partial charge is 0.334 e. The van der Waals surface area contributed by atoms with Crippen LogP contribution in [0.1, 0.15) is 61.5 Å². The number of carbonyl (C=O) groups is 2. The summed E-state index contributed by atoms with van der Waals surface area (Å²) in [5.74, 6) is -0.537. The van der Waals surface area contributed by atoms with E-state index in [0.29, 0.717) is 24.5 Å². The number of carbonyl (C=O) groups excluding carboxylic acids is 2. The van der Waals surface area contributed by atoms with E-state index in [4.69, 9.17) is 28.0 Å². The van der Waals surface area contributed by atoms with Crippen LogP contribution in [0.5, 0.6) is 0 Å². The maximum Gasteiger partial charge on any atom is 0.367 e. The number of hydrogen-bond acceptors (Lipinski definition) is 4. The first-order chi connectivity index (χ1) is 18.6. The van der Waals surface area contributed by atoms with Gasteiger partial charge in [0.15, 0.2) is 0 Å². The Balaban J connectivity index is 1.45. The molecule has 0 radical (unpaired) electrons. The molecule has 5 rings (SSSR count). The highest BCUT2D eigenvalue weighted by Gasteiger charge is 2.72. The highest BCUT2D eigenvalue weighted by atomic mass is 35.5. The maximum absolute atomic E-state index is 14.6. The SMILES string of the molecule is CC12CCC(C(=O)N(Cc3ccccc3)Cc3ccccc3)(C/C1=N\OC(=O)c1ccc(Cl)cc1Cl)C2(C)C. The Hall–Kier alpha value is -3.15. The van der Waals surface area contributed by atoms with Gasteiger partial charge in [-0.25, -0.2) is 4.79 Å². The quantitative estimate of drug-likeness (QED) is 0.217. The zero-order valence-electron chi connectivity index (χ0n) is 22.4. The van der Waals surface area contributed by atoms with Crippen molar-refractivity contribution >= 4 is 40.8 Å². The lowest BCUT2D eigenvalue weighted by Gasteiger charge is -2.42. The van der Waals surface area contributed by atoms with Gasteiger partial charge in [0.05, 0.1) is 21.7 Å². The molecule has 3 aromatic rings. The van der Waals surface area contributed by atoms with E-state index in [1.807, 2.05) is 41.3 Å². The van der Waals surface area contributed by atoms with E-state index >= 15 is 0 Å². The first-order valence-electron chi connectivity index (χ1n) is 13.2. The molecule has 2 atom stereocenters. The maximum atomic E-state index is 14.6. The Kier molecular flexibility index (Phi) is 7.34. The summed E-state index contributed by atoms with van der Waals surface area (Å²) < 4.78 is 0. The lowest BCUT2D eigenvalue weighted by Crippen LogP contribution is -2.48. The Morgan fingerprint density at radius 2 is 1.46 bits per heavy atom. The Morgan fingerprint density at radius 3 is 2.03 bits per heavy atom. The monoisotopic (exact) mass is 562 g/mol. The summed E-state index contributed by atoms with van der Waals surface area (Å²) in [6, 6.07) is 24.8. The van der Waals surface area contributed by atoms with E-state index in [2.05, 4.69) is 50.2 Å². The van der Waals surface area contributed by atoms with Gasteiger partial charge in [-0.3, -0.25) is 4.79 Å².